The van der Waals surface area contributed by atoms with Crippen molar-refractivity contribution in [1.82, 2.24) is 4.90 Å². The largest absolute Gasteiger partial charge is 0.497 e. The molecule has 202 valence electrons. The summed E-state index contributed by atoms with van der Waals surface area (Å²) in [5.41, 5.74) is 3.75. The molecule has 38 heavy (non-hydrogen) atoms. The number of nitrogens with zero attached hydrogens (tertiary/aromatic N) is 4. The third kappa shape index (κ3) is 4.55. The lowest BCUT2D eigenvalue weighted by atomic mass is 9.52. The van der Waals surface area contributed by atoms with E-state index in [9.17, 15) is 30.3 Å². The van der Waals surface area contributed by atoms with Crippen molar-refractivity contribution in [2.45, 2.75) is 51.0 Å². The molecular formula is C26H30N4O8. The summed E-state index contributed by atoms with van der Waals surface area (Å²) in [6.45, 7) is 5.92. The summed E-state index contributed by atoms with van der Waals surface area (Å²) in [5.74, 6) is 0.586. The number of hydrogen-bond acceptors (Lipinski definition) is 9. The van der Waals surface area contributed by atoms with Gasteiger partial charge in [0.15, 0.2) is 0 Å². The van der Waals surface area contributed by atoms with Crippen LogP contribution in [0.1, 0.15) is 44.2 Å². The van der Waals surface area contributed by atoms with Gasteiger partial charge in [0.25, 0.3) is 11.4 Å². The van der Waals surface area contributed by atoms with Crippen LogP contribution in [0.5, 0.6) is 11.5 Å². The molecule has 0 spiro atoms. The first-order valence-corrected chi connectivity index (χ1v) is 12.2. The number of allylic oxidation sites excluding steroid dienone is 2. The average molecular weight is 527 g/mol. The number of nitro groups is 3. The zero-order valence-corrected chi connectivity index (χ0v) is 21.7. The number of likely N-dealkylation sites (N-methyl/N-ethyl adjacent to an activating group) is 1. The number of fused-ring (bicyclic) bond motifs is 1. The second-order valence-corrected chi connectivity index (χ2v) is 10.3. The Morgan fingerprint density at radius 1 is 0.974 bits per heavy atom. The van der Waals surface area contributed by atoms with Gasteiger partial charge in [-0.1, -0.05) is 17.2 Å². The highest BCUT2D eigenvalue weighted by Crippen LogP contribution is 2.57. The first kappa shape index (κ1) is 27.0. The third-order valence-electron chi connectivity index (χ3n) is 8.43. The Balaban J connectivity index is 0.000000188. The summed E-state index contributed by atoms with van der Waals surface area (Å²) in [6, 6.07) is 8.40. The fourth-order valence-corrected chi connectivity index (χ4v) is 6.33. The van der Waals surface area contributed by atoms with E-state index in [4.69, 9.17) is 9.84 Å². The molecule has 12 heteroatoms. The van der Waals surface area contributed by atoms with Crippen molar-refractivity contribution < 1.29 is 24.6 Å². The van der Waals surface area contributed by atoms with Crippen LogP contribution in [0.4, 0.5) is 17.1 Å². The van der Waals surface area contributed by atoms with E-state index >= 15 is 0 Å². The van der Waals surface area contributed by atoms with Crippen LogP contribution in [0.2, 0.25) is 0 Å². The SMILES string of the molecule is COc1ccc2c(c1)[C@]13CCN(C)[C@H](C2)[C@@H]1CC(C)=C(C)C3.O=[N+]([O-])c1cc([N+](=O)[O-])c(O)c([N+](=O)[O-])c1. The predicted molar refractivity (Wildman–Crippen MR) is 139 cm³/mol. The monoisotopic (exact) mass is 526 g/mol. The molecule has 3 atom stereocenters. The quantitative estimate of drug-likeness (QED) is 0.326. The Bertz CT molecular complexity index is 1320. The Kier molecular flexibility index (Phi) is 7.11. The lowest BCUT2D eigenvalue weighted by Gasteiger charge is -2.58. The number of rotatable bonds is 4. The normalized spacial score (nSPS) is 23.9. The molecule has 0 aromatic heterocycles. The molecule has 3 aliphatic rings. The number of methoxy groups -OCH3 is 1. The molecule has 12 nitrogen and oxygen atoms in total. The van der Waals surface area contributed by atoms with Crippen LogP contribution >= 0.6 is 0 Å². The minimum atomic E-state index is -1.21. The molecule has 0 amide bonds. The van der Waals surface area contributed by atoms with Gasteiger partial charge in [-0.05, 0) is 82.3 Å². The average Bonchev–Trinajstić information content (AvgIpc) is 2.87. The molecule has 0 saturated carbocycles. The van der Waals surface area contributed by atoms with Gasteiger partial charge in [-0.15, -0.1) is 0 Å². The van der Waals surface area contributed by atoms with Gasteiger partial charge in [0.05, 0.1) is 34.0 Å². The molecule has 2 aromatic rings. The smallest absolute Gasteiger partial charge is 0.324 e. The number of aromatic hydroxyl groups is 1. The highest BCUT2D eigenvalue weighted by molar-refractivity contribution is 5.64. The summed E-state index contributed by atoms with van der Waals surface area (Å²) < 4.78 is 5.54. The molecule has 0 radical (unpaired) electrons. The summed E-state index contributed by atoms with van der Waals surface area (Å²) in [6.07, 6.45) is 5.01. The van der Waals surface area contributed by atoms with Crippen molar-refractivity contribution in [2.75, 3.05) is 20.7 Å². The molecule has 1 heterocycles. The number of phenolic OH excluding ortho intramolecular Hbond substituents is 1. The number of ether oxygens (including phenoxy) is 1. The number of hydrogen-bond donors (Lipinski definition) is 1. The molecule has 1 aliphatic heterocycles. The first-order valence-electron chi connectivity index (χ1n) is 12.2. The molecule has 1 fully saturated rings. The number of phenols is 1. The van der Waals surface area contributed by atoms with E-state index in [-0.39, 0.29) is 0 Å². The predicted octanol–water partition coefficient (Wildman–Crippen LogP) is 5.06. The summed E-state index contributed by atoms with van der Waals surface area (Å²) >= 11 is 0. The second kappa shape index (κ2) is 10.0. The van der Waals surface area contributed by atoms with E-state index in [1.54, 1.807) is 29.4 Å². The van der Waals surface area contributed by atoms with Gasteiger partial charge < -0.3 is 14.7 Å². The number of likely N-dealkylation sites (tertiary alicyclic amines) is 1. The van der Waals surface area contributed by atoms with E-state index in [0.717, 1.165) is 11.7 Å². The van der Waals surface area contributed by atoms with E-state index in [0.29, 0.717) is 23.6 Å². The number of benzene rings is 2. The third-order valence-corrected chi connectivity index (χ3v) is 8.43. The highest BCUT2D eigenvalue weighted by atomic mass is 16.6. The maximum atomic E-state index is 10.4. The minimum absolute atomic E-state index is 0.350. The fourth-order valence-electron chi connectivity index (χ4n) is 6.33. The van der Waals surface area contributed by atoms with Crippen LogP contribution in [0.15, 0.2) is 41.5 Å². The number of nitro benzene ring substituents is 3. The first-order chi connectivity index (χ1) is 17.9. The summed E-state index contributed by atoms with van der Waals surface area (Å²) in [4.78, 5) is 30.4. The van der Waals surface area contributed by atoms with Gasteiger partial charge in [-0.2, -0.15) is 0 Å². The summed E-state index contributed by atoms with van der Waals surface area (Å²) in [5, 5.41) is 40.2. The van der Waals surface area contributed by atoms with Crippen LogP contribution < -0.4 is 4.74 Å². The molecule has 1 N–H and O–H groups in total. The van der Waals surface area contributed by atoms with Crippen molar-refractivity contribution in [3.8, 4) is 11.5 Å². The van der Waals surface area contributed by atoms with Crippen LogP contribution in [-0.4, -0.2) is 51.5 Å². The van der Waals surface area contributed by atoms with E-state index in [1.807, 2.05) is 0 Å². The van der Waals surface area contributed by atoms with Gasteiger partial charge in [0, 0.05) is 11.5 Å². The Morgan fingerprint density at radius 3 is 2.16 bits per heavy atom. The van der Waals surface area contributed by atoms with E-state index < -0.39 is 37.6 Å². The Labute approximate surface area is 219 Å². The lowest BCUT2D eigenvalue weighted by Crippen LogP contribution is -2.59. The maximum Gasteiger partial charge on any atom is 0.324 e. The molecular weight excluding hydrogens is 496 g/mol. The van der Waals surface area contributed by atoms with E-state index in [1.165, 1.54) is 32.2 Å². The van der Waals surface area contributed by atoms with Crippen molar-refractivity contribution in [3.05, 3.63) is 82.9 Å². The zero-order valence-electron chi connectivity index (χ0n) is 21.7. The Hall–Kier alpha value is -4.06. The molecule has 1 saturated heterocycles. The standard InChI is InChI=1S/C20H27NO.C6H3N3O7/c1-13-9-18-19-10-15-5-6-16(22-4)11-17(15)20(18,12-14(13)2)7-8-21(19)3;10-6-4(8(13)14)1-3(7(11)12)2-5(6)9(15)16/h5-6,11,18-19H,7-10,12H2,1-4H3;1-2,10H/t18-,19+,20+;/m0./s1. The van der Waals surface area contributed by atoms with Crippen molar-refractivity contribution in [2.24, 2.45) is 5.92 Å². The molecule has 0 unspecified atom stereocenters. The van der Waals surface area contributed by atoms with Gasteiger partial charge in [-0.3, -0.25) is 30.3 Å². The summed E-state index contributed by atoms with van der Waals surface area (Å²) in [7, 11) is 4.11. The van der Waals surface area contributed by atoms with Gasteiger partial charge >= 0.3 is 11.4 Å². The molecule has 2 bridgehead atoms. The Morgan fingerprint density at radius 2 is 1.61 bits per heavy atom. The highest BCUT2D eigenvalue weighted by Gasteiger charge is 2.53. The topological polar surface area (TPSA) is 162 Å². The molecule has 2 aliphatic carbocycles. The lowest BCUT2D eigenvalue weighted by molar-refractivity contribution is -0.404. The zero-order chi connectivity index (χ0) is 27.9. The van der Waals surface area contributed by atoms with Crippen molar-refractivity contribution >= 4 is 17.1 Å². The van der Waals surface area contributed by atoms with Crippen LogP contribution in [0, 0.1) is 36.3 Å². The van der Waals surface area contributed by atoms with Crippen LogP contribution in [0.3, 0.4) is 0 Å². The molecule has 2 aromatic carbocycles. The van der Waals surface area contributed by atoms with Gasteiger partial charge in [0.2, 0.25) is 0 Å². The van der Waals surface area contributed by atoms with Crippen molar-refractivity contribution in [1.29, 1.82) is 0 Å². The van der Waals surface area contributed by atoms with Crippen LogP contribution in [0.25, 0.3) is 0 Å². The van der Waals surface area contributed by atoms with Gasteiger partial charge in [-0.25, -0.2) is 0 Å². The second-order valence-electron chi connectivity index (χ2n) is 10.3. The van der Waals surface area contributed by atoms with Crippen LogP contribution in [-0.2, 0) is 11.8 Å². The number of piperidine rings is 1. The minimum Gasteiger partial charge on any atom is -0.497 e. The number of non-ortho nitro benzene ring substituents is 1. The maximum absolute atomic E-state index is 10.4. The van der Waals surface area contributed by atoms with E-state index in [2.05, 4.69) is 44.0 Å². The molecule has 5 rings (SSSR count). The van der Waals surface area contributed by atoms with Crippen molar-refractivity contribution in [3.63, 3.8) is 0 Å². The van der Waals surface area contributed by atoms with Gasteiger partial charge in [0.1, 0.15) is 5.75 Å². The fraction of sp³-hybridized carbons (Fsp3) is 0.462.